The molecule has 0 aliphatic heterocycles. The lowest BCUT2D eigenvalue weighted by atomic mass is 10.2. The van der Waals surface area contributed by atoms with E-state index in [4.69, 9.17) is 34.3 Å². The van der Waals surface area contributed by atoms with Gasteiger partial charge in [0.05, 0.1) is 5.02 Å². The predicted molar refractivity (Wildman–Crippen MR) is 78.0 cm³/mol. The second kappa shape index (κ2) is 5.65. The first-order valence-corrected chi connectivity index (χ1v) is 6.71. The Kier molecular flexibility index (Phi) is 4.17. The summed E-state index contributed by atoms with van der Waals surface area (Å²) >= 11 is 13.5. The van der Waals surface area contributed by atoms with E-state index in [0.717, 1.165) is 9.79 Å². The van der Waals surface area contributed by atoms with Crippen LogP contribution in [-0.2, 0) is 0 Å². The van der Waals surface area contributed by atoms with Gasteiger partial charge in [0.1, 0.15) is 5.84 Å². The maximum absolute atomic E-state index is 7.54. The predicted octanol–water partition coefficient (Wildman–Crippen LogP) is 4.43. The van der Waals surface area contributed by atoms with Crippen molar-refractivity contribution in [3.63, 3.8) is 0 Å². The summed E-state index contributed by atoms with van der Waals surface area (Å²) in [6.07, 6.45) is 0. The monoisotopic (exact) mass is 296 g/mol. The maximum atomic E-state index is 7.54. The number of benzene rings is 2. The molecule has 0 aromatic heterocycles. The van der Waals surface area contributed by atoms with Crippen molar-refractivity contribution in [2.24, 2.45) is 5.73 Å². The number of rotatable bonds is 3. The number of halogens is 2. The minimum atomic E-state index is 0.0382. The molecule has 0 atom stereocenters. The van der Waals surface area contributed by atoms with Gasteiger partial charge in [-0.2, -0.15) is 0 Å². The Hall–Kier alpha value is -1.16. The summed E-state index contributed by atoms with van der Waals surface area (Å²) in [5.41, 5.74) is 6.24. The summed E-state index contributed by atoms with van der Waals surface area (Å²) in [7, 11) is 0. The lowest BCUT2D eigenvalue weighted by Gasteiger charge is -2.09. The number of amidine groups is 1. The van der Waals surface area contributed by atoms with Gasteiger partial charge in [-0.1, -0.05) is 53.2 Å². The van der Waals surface area contributed by atoms with Gasteiger partial charge < -0.3 is 5.73 Å². The molecule has 0 heterocycles. The van der Waals surface area contributed by atoms with E-state index in [2.05, 4.69) is 0 Å². The molecular formula is C13H10Cl2N2S. The molecule has 3 N–H and O–H groups in total. The van der Waals surface area contributed by atoms with Crippen LogP contribution >= 0.6 is 35.0 Å². The van der Waals surface area contributed by atoms with Crippen molar-refractivity contribution in [2.45, 2.75) is 9.79 Å². The standard InChI is InChI=1S/C13H10Cl2N2S/c14-8-5-6-10(15)12(7-8)18-11-4-2-1-3-9(11)13(16)17/h1-7H,(H3,16,17). The summed E-state index contributed by atoms with van der Waals surface area (Å²) in [4.78, 5) is 1.73. The van der Waals surface area contributed by atoms with Crippen molar-refractivity contribution < 1.29 is 0 Å². The van der Waals surface area contributed by atoms with Crippen LogP contribution in [0.1, 0.15) is 5.56 Å². The Morgan fingerprint density at radius 3 is 2.50 bits per heavy atom. The Morgan fingerprint density at radius 2 is 1.78 bits per heavy atom. The second-order valence-corrected chi connectivity index (χ2v) is 5.51. The van der Waals surface area contributed by atoms with Gasteiger partial charge >= 0.3 is 0 Å². The van der Waals surface area contributed by atoms with Crippen LogP contribution in [-0.4, -0.2) is 5.84 Å². The molecule has 0 fully saturated rings. The van der Waals surface area contributed by atoms with Crippen molar-refractivity contribution in [3.8, 4) is 0 Å². The Balaban J connectivity index is 2.40. The first-order chi connectivity index (χ1) is 8.58. The Morgan fingerprint density at radius 1 is 1.06 bits per heavy atom. The van der Waals surface area contributed by atoms with Crippen LogP contribution in [0.4, 0.5) is 0 Å². The largest absolute Gasteiger partial charge is 0.384 e. The lowest BCUT2D eigenvalue weighted by Crippen LogP contribution is -2.11. The normalized spacial score (nSPS) is 10.3. The lowest BCUT2D eigenvalue weighted by molar-refractivity contribution is 1.33. The maximum Gasteiger partial charge on any atom is 0.123 e. The van der Waals surface area contributed by atoms with E-state index in [-0.39, 0.29) is 5.84 Å². The summed E-state index contributed by atoms with van der Waals surface area (Å²) in [6, 6.07) is 12.7. The molecular weight excluding hydrogens is 287 g/mol. The molecule has 0 saturated heterocycles. The highest BCUT2D eigenvalue weighted by Gasteiger charge is 2.09. The highest BCUT2D eigenvalue weighted by atomic mass is 35.5. The van der Waals surface area contributed by atoms with Gasteiger partial charge in [-0.05, 0) is 24.3 Å². The topological polar surface area (TPSA) is 49.9 Å². The third-order valence-corrected chi connectivity index (χ3v) is 4.10. The zero-order valence-electron chi connectivity index (χ0n) is 9.28. The third kappa shape index (κ3) is 2.99. The van der Waals surface area contributed by atoms with E-state index in [1.807, 2.05) is 24.3 Å². The molecule has 2 nitrogen and oxygen atoms in total. The van der Waals surface area contributed by atoms with Crippen molar-refractivity contribution in [3.05, 3.63) is 58.1 Å². The fourth-order valence-corrected chi connectivity index (χ4v) is 2.95. The van der Waals surface area contributed by atoms with Gasteiger partial charge in [0.15, 0.2) is 0 Å². The number of nitrogens with one attached hydrogen (secondary N) is 1. The van der Waals surface area contributed by atoms with E-state index in [1.165, 1.54) is 11.8 Å². The van der Waals surface area contributed by atoms with Gasteiger partial charge in [0, 0.05) is 20.4 Å². The summed E-state index contributed by atoms with van der Waals surface area (Å²) in [5, 5.41) is 8.80. The van der Waals surface area contributed by atoms with Crippen LogP contribution in [0.2, 0.25) is 10.0 Å². The first kappa shape index (κ1) is 13.3. The molecule has 0 spiro atoms. The third-order valence-electron chi connectivity index (χ3n) is 2.29. The molecule has 18 heavy (non-hydrogen) atoms. The zero-order chi connectivity index (χ0) is 13.1. The van der Waals surface area contributed by atoms with Gasteiger partial charge in [-0.15, -0.1) is 0 Å². The highest BCUT2D eigenvalue weighted by Crippen LogP contribution is 2.36. The Labute approximate surface area is 120 Å². The van der Waals surface area contributed by atoms with Crippen molar-refractivity contribution in [1.29, 1.82) is 5.41 Å². The molecule has 0 aliphatic rings. The van der Waals surface area contributed by atoms with E-state index in [9.17, 15) is 0 Å². The second-order valence-electron chi connectivity index (χ2n) is 3.59. The van der Waals surface area contributed by atoms with Crippen LogP contribution in [0.25, 0.3) is 0 Å². The quantitative estimate of drug-likeness (QED) is 0.650. The molecule has 0 unspecified atom stereocenters. The molecule has 2 rings (SSSR count). The fraction of sp³-hybridized carbons (Fsp3) is 0. The van der Waals surface area contributed by atoms with Gasteiger partial charge in [-0.3, -0.25) is 5.41 Å². The molecule has 0 bridgehead atoms. The van der Waals surface area contributed by atoms with E-state index in [0.29, 0.717) is 15.6 Å². The number of hydrogen-bond acceptors (Lipinski definition) is 2. The van der Waals surface area contributed by atoms with Gasteiger partial charge in [0.25, 0.3) is 0 Å². The average molecular weight is 297 g/mol. The van der Waals surface area contributed by atoms with Gasteiger partial charge in [-0.25, -0.2) is 0 Å². The summed E-state index contributed by atoms with van der Waals surface area (Å²) in [5.74, 6) is 0.0382. The smallest absolute Gasteiger partial charge is 0.123 e. The minimum Gasteiger partial charge on any atom is -0.384 e. The molecule has 5 heteroatoms. The number of nitrogen functional groups attached to an aromatic ring is 1. The van der Waals surface area contributed by atoms with E-state index >= 15 is 0 Å². The average Bonchev–Trinajstić information content (AvgIpc) is 2.34. The molecule has 0 saturated carbocycles. The molecule has 2 aromatic carbocycles. The molecule has 2 aromatic rings. The number of nitrogens with two attached hydrogens (primary N) is 1. The van der Waals surface area contributed by atoms with Crippen molar-refractivity contribution in [1.82, 2.24) is 0 Å². The highest BCUT2D eigenvalue weighted by molar-refractivity contribution is 7.99. The Bertz CT molecular complexity index is 599. The molecule has 0 amide bonds. The fourth-order valence-electron chi connectivity index (χ4n) is 1.45. The van der Waals surface area contributed by atoms with Gasteiger partial charge in [0.2, 0.25) is 0 Å². The van der Waals surface area contributed by atoms with Crippen LogP contribution < -0.4 is 5.73 Å². The van der Waals surface area contributed by atoms with Crippen LogP contribution in [0.15, 0.2) is 52.3 Å². The minimum absolute atomic E-state index is 0.0382. The van der Waals surface area contributed by atoms with Crippen LogP contribution in [0, 0.1) is 5.41 Å². The number of hydrogen-bond donors (Lipinski definition) is 2. The zero-order valence-corrected chi connectivity index (χ0v) is 11.6. The summed E-state index contributed by atoms with van der Waals surface area (Å²) in [6.45, 7) is 0. The summed E-state index contributed by atoms with van der Waals surface area (Å²) < 4.78 is 0. The SMILES string of the molecule is N=C(N)c1ccccc1Sc1cc(Cl)ccc1Cl. The van der Waals surface area contributed by atoms with E-state index in [1.54, 1.807) is 18.2 Å². The van der Waals surface area contributed by atoms with E-state index < -0.39 is 0 Å². The van der Waals surface area contributed by atoms with Crippen LogP contribution in [0.3, 0.4) is 0 Å². The van der Waals surface area contributed by atoms with Crippen LogP contribution in [0.5, 0.6) is 0 Å². The molecule has 92 valence electrons. The van der Waals surface area contributed by atoms with Crippen molar-refractivity contribution >= 4 is 40.8 Å². The molecule has 0 radical (unpaired) electrons. The van der Waals surface area contributed by atoms with Crippen molar-refractivity contribution in [2.75, 3.05) is 0 Å². The molecule has 0 aliphatic carbocycles. The first-order valence-electron chi connectivity index (χ1n) is 5.14.